The van der Waals surface area contributed by atoms with Crippen LogP contribution < -0.4 is 0 Å². The maximum absolute atomic E-state index is 2.62. The maximum Gasteiger partial charge on any atom is 0.0529 e. The van der Waals surface area contributed by atoms with Gasteiger partial charge in [0, 0.05) is 35.8 Å². The standard InChI is InChI=1S/C25H28N2.CH4/c1-16-9-11-22-21(13-16)25-23-12-10-19(26(23)4)14-24(25)27(22)15-18(3)20-8-6-5-7-17(20)2;/h5-9,11,13,15,19,23H,10,12,14H2,1-4H3;1H4/b18-15+;. The van der Waals surface area contributed by atoms with E-state index in [1.807, 2.05) is 0 Å². The second kappa shape index (κ2) is 6.93. The molecule has 2 nitrogen and oxygen atoms in total. The second-order valence-corrected chi connectivity index (χ2v) is 8.49. The number of fused-ring (bicyclic) bond motifs is 6. The zero-order valence-corrected chi connectivity index (χ0v) is 16.8. The Morgan fingerprint density at radius 1 is 1.07 bits per heavy atom. The molecule has 1 aromatic heterocycles. The zero-order chi connectivity index (χ0) is 18.7. The Bertz CT molecular complexity index is 1070. The molecule has 146 valence electrons. The summed E-state index contributed by atoms with van der Waals surface area (Å²) in [5.74, 6) is 0. The van der Waals surface area contributed by atoms with Crippen LogP contribution in [0.3, 0.4) is 0 Å². The molecule has 2 aliphatic heterocycles. The normalized spacial score (nSPS) is 21.6. The Morgan fingerprint density at radius 3 is 2.64 bits per heavy atom. The molecule has 0 amide bonds. The second-order valence-electron chi connectivity index (χ2n) is 8.49. The van der Waals surface area contributed by atoms with Gasteiger partial charge in [-0.25, -0.2) is 0 Å². The van der Waals surface area contributed by atoms with Gasteiger partial charge < -0.3 is 4.57 Å². The summed E-state index contributed by atoms with van der Waals surface area (Å²) in [6.45, 7) is 6.66. The lowest BCUT2D eigenvalue weighted by molar-refractivity contribution is 0.223. The van der Waals surface area contributed by atoms with Crippen LogP contribution in [0, 0.1) is 13.8 Å². The summed E-state index contributed by atoms with van der Waals surface area (Å²) >= 11 is 0. The molecule has 5 rings (SSSR count). The van der Waals surface area contributed by atoms with Gasteiger partial charge in [-0.1, -0.05) is 43.3 Å². The number of hydrogen-bond donors (Lipinski definition) is 0. The minimum Gasteiger partial charge on any atom is -0.320 e. The summed E-state index contributed by atoms with van der Waals surface area (Å²) in [4.78, 5) is 2.62. The molecule has 0 aliphatic carbocycles. The third-order valence-electron chi connectivity index (χ3n) is 6.80. The van der Waals surface area contributed by atoms with E-state index in [1.54, 1.807) is 5.56 Å². The average molecular weight is 373 g/mol. The number of aromatic nitrogens is 1. The van der Waals surface area contributed by atoms with E-state index in [4.69, 9.17) is 0 Å². The first-order valence-electron chi connectivity index (χ1n) is 10.1. The quantitative estimate of drug-likeness (QED) is 0.492. The molecule has 2 unspecified atom stereocenters. The number of aryl methyl sites for hydroxylation is 2. The highest BCUT2D eigenvalue weighted by Crippen LogP contribution is 2.47. The summed E-state index contributed by atoms with van der Waals surface area (Å²) < 4.78 is 2.50. The minimum atomic E-state index is 0. The number of likely N-dealkylation sites (N-methyl/N-ethyl adjacent to an activating group) is 1. The molecule has 0 spiro atoms. The number of rotatable bonds is 2. The van der Waals surface area contributed by atoms with Crippen molar-refractivity contribution in [2.75, 3.05) is 7.05 Å². The maximum atomic E-state index is 2.62. The molecule has 1 saturated heterocycles. The van der Waals surface area contributed by atoms with Gasteiger partial charge in [0.1, 0.15) is 0 Å². The van der Waals surface area contributed by atoms with E-state index in [-0.39, 0.29) is 7.43 Å². The van der Waals surface area contributed by atoms with Crippen molar-refractivity contribution in [2.24, 2.45) is 0 Å². The van der Waals surface area contributed by atoms with Gasteiger partial charge in [0.2, 0.25) is 0 Å². The molecule has 28 heavy (non-hydrogen) atoms. The Hall–Kier alpha value is -2.32. The molecule has 2 aromatic carbocycles. The molecule has 2 heteroatoms. The Balaban J connectivity index is 0.00000192. The predicted octanol–water partition coefficient (Wildman–Crippen LogP) is 6.60. The lowest BCUT2D eigenvalue weighted by Gasteiger charge is -2.32. The molecule has 2 bridgehead atoms. The largest absolute Gasteiger partial charge is 0.320 e. The third-order valence-corrected chi connectivity index (χ3v) is 6.80. The average Bonchev–Trinajstić information content (AvgIpc) is 3.06. The summed E-state index contributed by atoms with van der Waals surface area (Å²) in [6, 6.07) is 16.9. The lowest BCUT2D eigenvalue weighted by Crippen LogP contribution is -2.34. The van der Waals surface area contributed by atoms with Crippen molar-refractivity contribution in [3.63, 3.8) is 0 Å². The fourth-order valence-electron chi connectivity index (χ4n) is 5.34. The van der Waals surface area contributed by atoms with E-state index >= 15 is 0 Å². The van der Waals surface area contributed by atoms with Crippen molar-refractivity contribution in [1.29, 1.82) is 0 Å². The van der Waals surface area contributed by atoms with Gasteiger partial charge in [-0.05, 0) is 75.1 Å². The van der Waals surface area contributed by atoms with Crippen LogP contribution in [0.5, 0.6) is 0 Å². The van der Waals surface area contributed by atoms with Crippen LogP contribution in [0.15, 0.2) is 42.5 Å². The van der Waals surface area contributed by atoms with E-state index in [2.05, 4.69) is 86.0 Å². The van der Waals surface area contributed by atoms with Gasteiger partial charge >= 0.3 is 0 Å². The van der Waals surface area contributed by atoms with Crippen molar-refractivity contribution in [3.05, 3.63) is 70.4 Å². The van der Waals surface area contributed by atoms with E-state index in [0.717, 1.165) is 6.42 Å². The number of nitrogens with zero attached hydrogens (tertiary/aromatic N) is 2. The summed E-state index contributed by atoms with van der Waals surface area (Å²) in [6.07, 6.45) is 6.16. The molecule has 3 heterocycles. The molecule has 2 aliphatic rings. The van der Waals surface area contributed by atoms with E-state index in [1.165, 1.54) is 51.7 Å². The van der Waals surface area contributed by atoms with Crippen LogP contribution in [-0.4, -0.2) is 22.6 Å². The molecule has 0 N–H and O–H groups in total. The van der Waals surface area contributed by atoms with Gasteiger partial charge in [-0.2, -0.15) is 0 Å². The van der Waals surface area contributed by atoms with Crippen LogP contribution in [0.2, 0.25) is 0 Å². The number of hydrogen-bond acceptors (Lipinski definition) is 1. The fourth-order valence-corrected chi connectivity index (χ4v) is 5.34. The van der Waals surface area contributed by atoms with E-state index in [9.17, 15) is 0 Å². The van der Waals surface area contributed by atoms with Crippen molar-refractivity contribution in [2.45, 2.75) is 59.5 Å². The van der Waals surface area contributed by atoms with E-state index < -0.39 is 0 Å². The molecular formula is C26H32N2. The first-order valence-corrected chi connectivity index (χ1v) is 10.1. The van der Waals surface area contributed by atoms with Crippen LogP contribution in [0.1, 0.15) is 61.2 Å². The van der Waals surface area contributed by atoms with Crippen LogP contribution >= 0.6 is 0 Å². The first kappa shape index (κ1) is 19.0. The van der Waals surface area contributed by atoms with Crippen molar-refractivity contribution in [3.8, 4) is 0 Å². The summed E-state index contributed by atoms with van der Waals surface area (Å²) in [5.41, 5.74) is 9.85. The smallest absolute Gasteiger partial charge is 0.0529 e. The van der Waals surface area contributed by atoms with Gasteiger partial charge in [-0.15, -0.1) is 0 Å². The molecule has 2 atom stereocenters. The monoisotopic (exact) mass is 372 g/mol. The molecular weight excluding hydrogens is 340 g/mol. The molecule has 3 aromatic rings. The van der Waals surface area contributed by atoms with Gasteiger partial charge in [0.25, 0.3) is 0 Å². The lowest BCUT2D eigenvalue weighted by atomic mass is 9.97. The van der Waals surface area contributed by atoms with Crippen molar-refractivity contribution < 1.29 is 0 Å². The SMILES string of the molecule is C.C/C(=C\n1c2c(c3cc(C)ccc31)C1CCC(C2)N1C)c1ccccc1C. The number of benzene rings is 2. The van der Waals surface area contributed by atoms with Gasteiger partial charge in [0.05, 0.1) is 5.52 Å². The highest BCUT2D eigenvalue weighted by atomic mass is 15.2. The Kier molecular flexibility index (Phi) is 4.71. The van der Waals surface area contributed by atoms with Crippen molar-refractivity contribution in [1.82, 2.24) is 9.47 Å². The Labute approximate surface area is 169 Å². The summed E-state index contributed by atoms with van der Waals surface area (Å²) in [5, 5.41) is 1.45. The molecule has 0 saturated carbocycles. The van der Waals surface area contributed by atoms with Gasteiger partial charge in [0.15, 0.2) is 0 Å². The number of allylic oxidation sites excluding steroid dienone is 1. The zero-order valence-electron chi connectivity index (χ0n) is 16.8. The van der Waals surface area contributed by atoms with Crippen molar-refractivity contribution >= 4 is 22.7 Å². The van der Waals surface area contributed by atoms with Gasteiger partial charge in [-0.3, -0.25) is 4.90 Å². The first-order chi connectivity index (χ1) is 13.0. The highest BCUT2D eigenvalue weighted by molar-refractivity contribution is 5.91. The highest BCUT2D eigenvalue weighted by Gasteiger charge is 2.40. The predicted molar refractivity (Wildman–Crippen MR) is 122 cm³/mol. The molecule has 0 radical (unpaired) electrons. The topological polar surface area (TPSA) is 8.17 Å². The summed E-state index contributed by atoms with van der Waals surface area (Å²) in [7, 11) is 2.32. The Morgan fingerprint density at radius 2 is 1.86 bits per heavy atom. The van der Waals surface area contributed by atoms with Crippen LogP contribution in [0.4, 0.5) is 0 Å². The van der Waals surface area contributed by atoms with Crippen LogP contribution in [-0.2, 0) is 6.42 Å². The molecule has 1 fully saturated rings. The third kappa shape index (κ3) is 2.74. The minimum absolute atomic E-state index is 0. The van der Waals surface area contributed by atoms with Crippen LogP contribution in [0.25, 0.3) is 22.7 Å². The fraction of sp³-hybridized carbons (Fsp3) is 0.385. The van der Waals surface area contributed by atoms with E-state index in [0.29, 0.717) is 12.1 Å².